The highest BCUT2D eigenvalue weighted by Crippen LogP contribution is 2.51. The third-order valence-corrected chi connectivity index (χ3v) is 9.82. The van der Waals surface area contributed by atoms with E-state index >= 15 is 0 Å². The first kappa shape index (κ1) is 34.2. The quantitative estimate of drug-likeness (QED) is 0.165. The van der Waals surface area contributed by atoms with Gasteiger partial charge in [0.2, 0.25) is 0 Å². The number of benzene rings is 2. The molecule has 0 radical (unpaired) electrons. The predicted molar refractivity (Wildman–Crippen MR) is 171 cm³/mol. The molecule has 2 aromatic carbocycles. The zero-order valence-electron chi connectivity index (χ0n) is 27.4. The second-order valence-corrected chi connectivity index (χ2v) is 15.1. The van der Waals surface area contributed by atoms with Gasteiger partial charge in [0.25, 0.3) is 0 Å². The highest BCUT2D eigenvalue weighted by Gasteiger charge is 2.34. The Morgan fingerprint density at radius 3 is 1.76 bits per heavy atom. The minimum absolute atomic E-state index is 0.0586. The molecular formula is C34H52NO6P. The number of esters is 1. The lowest BCUT2D eigenvalue weighted by molar-refractivity contribution is -0.149. The number of carbonyl (C=O) groups excluding carboxylic acids is 1. The second-order valence-electron chi connectivity index (χ2n) is 13.1. The van der Waals surface area contributed by atoms with Crippen LogP contribution in [0.2, 0.25) is 0 Å². The summed E-state index contributed by atoms with van der Waals surface area (Å²) in [6, 6.07) is 7.62. The van der Waals surface area contributed by atoms with E-state index in [4.69, 9.17) is 14.0 Å². The molecule has 1 saturated carbocycles. The molecule has 7 nitrogen and oxygen atoms in total. The topological polar surface area (TPSA) is 94.1 Å². The first-order chi connectivity index (χ1) is 19.6. The molecule has 1 aliphatic rings. The Balaban J connectivity index is 2.15. The zero-order chi connectivity index (χ0) is 31.5. The van der Waals surface area contributed by atoms with Crippen molar-refractivity contribution in [1.29, 1.82) is 0 Å². The van der Waals surface area contributed by atoms with E-state index in [9.17, 15) is 14.5 Å². The molecule has 1 unspecified atom stereocenters. The molecular weight excluding hydrogens is 549 g/mol. The maximum atomic E-state index is 14.1. The van der Waals surface area contributed by atoms with Crippen molar-refractivity contribution >= 4 is 13.5 Å². The van der Waals surface area contributed by atoms with Crippen LogP contribution in [0, 0.1) is 5.92 Å². The minimum Gasteiger partial charge on any atom is -0.507 e. The lowest BCUT2D eigenvalue weighted by atomic mass is 9.85. The van der Waals surface area contributed by atoms with Gasteiger partial charge in [0.05, 0.1) is 6.10 Å². The number of carbonyl (C=O) groups is 1. The van der Waals surface area contributed by atoms with E-state index in [2.05, 4.69) is 77.8 Å². The first-order valence-corrected chi connectivity index (χ1v) is 17.2. The second kappa shape index (κ2) is 14.0. The van der Waals surface area contributed by atoms with Crippen molar-refractivity contribution in [1.82, 2.24) is 5.09 Å². The van der Waals surface area contributed by atoms with Crippen molar-refractivity contribution < 1.29 is 28.5 Å². The van der Waals surface area contributed by atoms with Crippen LogP contribution in [-0.2, 0) is 18.8 Å². The van der Waals surface area contributed by atoms with Crippen LogP contribution in [0.3, 0.4) is 0 Å². The van der Waals surface area contributed by atoms with Crippen LogP contribution in [0.4, 0.5) is 0 Å². The van der Waals surface area contributed by atoms with Crippen molar-refractivity contribution in [3.63, 3.8) is 0 Å². The van der Waals surface area contributed by atoms with Crippen LogP contribution in [0.1, 0.15) is 128 Å². The van der Waals surface area contributed by atoms with Gasteiger partial charge in [-0.3, -0.25) is 9.36 Å². The highest BCUT2D eigenvalue weighted by molar-refractivity contribution is 7.57. The van der Waals surface area contributed by atoms with E-state index in [0.717, 1.165) is 33.4 Å². The molecule has 0 spiro atoms. The molecule has 2 aromatic rings. The summed E-state index contributed by atoms with van der Waals surface area (Å²) < 4.78 is 31.2. The maximum absolute atomic E-state index is 14.1. The zero-order valence-corrected chi connectivity index (χ0v) is 28.3. The fourth-order valence-corrected chi connectivity index (χ4v) is 7.10. The smallest absolute Gasteiger partial charge is 0.342 e. The molecule has 0 aromatic heterocycles. The Morgan fingerprint density at radius 1 is 0.857 bits per heavy atom. The third-order valence-electron chi connectivity index (χ3n) is 7.97. The van der Waals surface area contributed by atoms with Gasteiger partial charge in [0.1, 0.15) is 23.9 Å². The highest BCUT2D eigenvalue weighted by atomic mass is 31.2. The van der Waals surface area contributed by atoms with Crippen LogP contribution < -0.4 is 9.61 Å². The molecule has 1 fully saturated rings. The molecule has 234 valence electrons. The van der Waals surface area contributed by atoms with E-state index < -0.39 is 19.5 Å². The van der Waals surface area contributed by atoms with Crippen LogP contribution in [-0.4, -0.2) is 36.7 Å². The summed E-state index contributed by atoms with van der Waals surface area (Å²) in [5.41, 5.74) is 5.88. The van der Waals surface area contributed by atoms with Gasteiger partial charge in [-0.2, -0.15) is 0 Å². The van der Waals surface area contributed by atoms with Crippen molar-refractivity contribution in [2.45, 2.75) is 118 Å². The van der Waals surface area contributed by atoms with E-state index in [1.54, 1.807) is 20.8 Å². The van der Waals surface area contributed by atoms with Gasteiger partial charge in [0.15, 0.2) is 0 Å². The molecule has 1 aliphatic carbocycles. The summed E-state index contributed by atoms with van der Waals surface area (Å²) in [6.07, 6.45) is 1.90. The van der Waals surface area contributed by atoms with Crippen molar-refractivity contribution in [3.8, 4) is 22.6 Å². The van der Waals surface area contributed by atoms with Gasteiger partial charge in [-0.1, -0.05) is 48.5 Å². The van der Waals surface area contributed by atoms with E-state index in [1.807, 2.05) is 0 Å². The molecule has 42 heavy (non-hydrogen) atoms. The Labute approximate surface area is 253 Å². The molecule has 3 atom stereocenters. The number of aromatic hydroxyl groups is 1. The van der Waals surface area contributed by atoms with Crippen molar-refractivity contribution in [2.24, 2.45) is 5.92 Å². The van der Waals surface area contributed by atoms with Gasteiger partial charge < -0.3 is 19.1 Å². The molecule has 3 rings (SSSR count). The maximum Gasteiger partial charge on any atom is 0.342 e. The van der Waals surface area contributed by atoms with Gasteiger partial charge in [-0.25, -0.2) is 5.09 Å². The van der Waals surface area contributed by atoms with E-state index in [-0.39, 0.29) is 36.1 Å². The standard InChI is InChI=1S/C34H52NO6P/c1-19(2)28-14-26(17-31(32(28)36)23(9)25-12-13-25)27-15-29(20(3)4)33(30(16-27)21(5)6)41-42(38,18-39-11)35-24(10)34(37)40-22(7)8/h14-17,19-25,36H,12-13,18H2,1-11H3,(H,35,38)/t23-,24+,42?/m1/s1. The number of nitrogens with one attached hydrogen (secondary N) is 1. The fourth-order valence-electron chi connectivity index (χ4n) is 5.38. The molecule has 0 aliphatic heterocycles. The van der Waals surface area contributed by atoms with E-state index in [0.29, 0.717) is 17.4 Å². The monoisotopic (exact) mass is 601 g/mol. The fraction of sp³-hybridized carbons (Fsp3) is 0.618. The lowest BCUT2D eigenvalue weighted by Gasteiger charge is -2.28. The Kier molecular flexibility index (Phi) is 11.4. The Morgan fingerprint density at radius 2 is 1.33 bits per heavy atom. The van der Waals surface area contributed by atoms with Crippen molar-refractivity contribution in [2.75, 3.05) is 13.5 Å². The Bertz CT molecular complexity index is 1270. The van der Waals surface area contributed by atoms with Gasteiger partial charge >= 0.3 is 13.5 Å². The summed E-state index contributed by atoms with van der Waals surface area (Å²) in [5.74, 6) is 1.65. The lowest BCUT2D eigenvalue weighted by Crippen LogP contribution is -2.36. The summed E-state index contributed by atoms with van der Waals surface area (Å²) in [4.78, 5) is 12.5. The number of phenols is 1. The molecule has 0 saturated heterocycles. The van der Waals surface area contributed by atoms with Crippen molar-refractivity contribution in [3.05, 3.63) is 46.5 Å². The van der Waals surface area contributed by atoms with Crippen LogP contribution in [0.5, 0.6) is 11.5 Å². The normalized spacial score (nSPS) is 16.6. The predicted octanol–water partition coefficient (Wildman–Crippen LogP) is 9.05. The van der Waals surface area contributed by atoms with Gasteiger partial charge in [0, 0.05) is 7.11 Å². The number of hydrogen-bond donors (Lipinski definition) is 2. The number of hydrogen-bond acceptors (Lipinski definition) is 6. The first-order valence-electron chi connectivity index (χ1n) is 15.4. The third kappa shape index (κ3) is 8.18. The largest absolute Gasteiger partial charge is 0.507 e. The van der Waals surface area contributed by atoms with Crippen LogP contribution in [0.25, 0.3) is 11.1 Å². The molecule has 0 bridgehead atoms. The van der Waals surface area contributed by atoms with Gasteiger partial charge in [-0.15, -0.1) is 0 Å². The molecule has 2 N–H and O–H groups in total. The van der Waals surface area contributed by atoms with E-state index in [1.165, 1.54) is 20.0 Å². The summed E-state index contributed by atoms with van der Waals surface area (Å²) >= 11 is 0. The molecule has 8 heteroatoms. The van der Waals surface area contributed by atoms with Gasteiger partial charge in [-0.05, 0) is 121 Å². The summed E-state index contributed by atoms with van der Waals surface area (Å²) in [5, 5.41) is 14.1. The van der Waals surface area contributed by atoms with Crippen LogP contribution in [0.15, 0.2) is 24.3 Å². The average Bonchev–Trinajstić information content (AvgIpc) is 3.73. The minimum atomic E-state index is -3.67. The number of methoxy groups -OCH3 is 1. The summed E-state index contributed by atoms with van der Waals surface area (Å²) in [6.45, 7) is 19.9. The molecule has 0 heterocycles. The average molecular weight is 602 g/mol. The number of ether oxygens (including phenoxy) is 2. The van der Waals surface area contributed by atoms with Crippen LogP contribution >= 0.6 is 7.52 Å². The molecule has 0 amide bonds. The number of rotatable bonds is 14. The summed E-state index contributed by atoms with van der Waals surface area (Å²) in [7, 11) is -2.21. The number of phenolic OH excluding ortho intramolecular Hbond substituents is 1. The SMILES string of the molecule is COCP(=O)(N[C@@H](C)C(=O)OC(C)C)Oc1c(C(C)C)cc(-c2cc(C(C)C)c(O)c([C@H](C)C3CC3)c2)cc1C(C)C. The Hall–Kier alpha value is -2.34.